The Morgan fingerprint density at radius 2 is 2.08 bits per heavy atom. The first-order valence-corrected chi connectivity index (χ1v) is 8.91. The van der Waals surface area contributed by atoms with Crippen molar-refractivity contribution in [1.29, 1.82) is 0 Å². The molecule has 0 N–H and O–H groups in total. The van der Waals surface area contributed by atoms with Crippen LogP contribution < -0.4 is 0 Å². The SMILES string of the molecule is Cn1ccnc1C1CCCN(C(=O)Cc2cn(C)c3ccccc23)C1. The van der Waals surface area contributed by atoms with E-state index < -0.39 is 0 Å². The van der Waals surface area contributed by atoms with Crippen molar-refractivity contribution in [1.82, 2.24) is 19.0 Å². The van der Waals surface area contributed by atoms with Gasteiger partial charge >= 0.3 is 0 Å². The molecule has 3 aromatic rings. The van der Waals surface area contributed by atoms with Crippen LogP contribution >= 0.6 is 0 Å². The molecule has 0 radical (unpaired) electrons. The number of aromatic nitrogens is 3. The minimum absolute atomic E-state index is 0.218. The number of nitrogens with zero attached hydrogens (tertiary/aromatic N) is 4. The largest absolute Gasteiger partial charge is 0.350 e. The van der Waals surface area contributed by atoms with Gasteiger partial charge in [-0.3, -0.25) is 4.79 Å². The number of imidazole rings is 1. The number of rotatable bonds is 3. The van der Waals surface area contributed by atoms with Crippen LogP contribution in [0.3, 0.4) is 0 Å². The maximum atomic E-state index is 12.9. The molecular formula is C20H24N4O. The average molecular weight is 336 g/mol. The standard InChI is InChI=1S/C20H24N4O/c1-22-11-9-21-20(22)15-6-5-10-24(14-15)19(25)12-16-13-23(2)18-8-4-3-7-17(16)18/h3-4,7-9,11,13,15H,5-6,10,12,14H2,1-2H3. The zero-order chi connectivity index (χ0) is 17.4. The minimum atomic E-state index is 0.218. The number of fused-ring (bicyclic) bond motifs is 1. The van der Waals surface area contributed by atoms with Gasteiger partial charge < -0.3 is 14.0 Å². The van der Waals surface area contributed by atoms with E-state index in [2.05, 4.69) is 32.4 Å². The number of para-hydroxylation sites is 1. The average Bonchev–Trinajstić information content (AvgIpc) is 3.19. The van der Waals surface area contributed by atoms with Crippen LogP contribution in [0.5, 0.6) is 0 Å². The topological polar surface area (TPSA) is 43.1 Å². The van der Waals surface area contributed by atoms with Crippen LogP contribution in [0, 0.1) is 0 Å². The highest BCUT2D eigenvalue weighted by molar-refractivity contribution is 5.89. The summed E-state index contributed by atoms with van der Waals surface area (Å²) in [5.74, 6) is 1.64. The molecular weight excluding hydrogens is 312 g/mol. The molecule has 3 heterocycles. The number of piperidine rings is 1. The summed E-state index contributed by atoms with van der Waals surface area (Å²) < 4.78 is 4.17. The van der Waals surface area contributed by atoms with Crippen molar-refractivity contribution >= 4 is 16.8 Å². The van der Waals surface area contributed by atoms with Crippen LogP contribution in [0.1, 0.15) is 30.1 Å². The molecule has 0 spiro atoms. The Balaban J connectivity index is 1.51. The normalized spacial score (nSPS) is 18.0. The smallest absolute Gasteiger partial charge is 0.227 e. The predicted octanol–water partition coefficient (Wildman–Crippen LogP) is 2.86. The van der Waals surface area contributed by atoms with Gasteiger partial charge in [0.2, 0.25) is 5.91 Å². The first kappa shape index (κ1) is 15.9. The summed E-state index contributed by atoms with van der Waals surface area (Å²) in [6.45, 7) is 1.62. The minimum Gasteiger partial charge on any atom is -0.350 e. The molecule has 1 unspecified atom stereocenters. The van der Waals surface area contributed by atoms with Gasteiger partial charge in [0.25, 0.3) is 0 Å². The number of amides is 1. The van der Waals surface area contributed by atoms with Crippen molar-refractivity contribution in [3.63, 3.8) is 0 Å². The summed E-state index contributed by atoms with van der Waals surface area (Å²) in [6.07, 6.45) is 8.51. The molecule has 5 nitrogen and oxygen atoms in total. The molecule has 1 fully saturated rings. The van der Waals surface area contributed by atoms with Gasteiger partial charge in [0.15, 0.2) is 0 Å². The lowest BCUT2D eigenvalue weighted by atomic mass is 9.96. The second kappa shape index (κ2) is 6.39. The molecule has 5 heteroatoms. The maximum Gasteiger partial charge on any atom is 0.227 e. The fourth-order valence-electron chi connectivity index (χ4n) is 4.03. The Morgan fingerprint density at radius 3 is 2.88 bits per heavy atom. The summed E-state index contributed by atoms with van der Waals surface area (Å²) >= 11 is 0. The molecule has 1 saturated heterocycles. The highest BCUT2D eigenvalue weighted by Crippen LogP contribution is 2.27. The first-order valence-electron chi connectivity index (χ1n) is 8.91. The van der Waals surface area contributed by atoms with Crippen LogP contribution in [0.4, 0.5) is 0 Å². The lowest BCUT2D eigenvalue weighted by molar-refractivity contribution is -0.131. The van der Waals surface area contributed by atoms with Crippen molar-refractivity contribution in [2.75, 3.05) is 13.1 Å². The third-order valence-corrected chi connectivity index (χ3v) is 5.32. The summed E-state index contributed by atoms with van der Waals surface area (Å²) in [6, 6.07) is 8.27. The number of carbonyl (C=O) groups excluding carboxylic acids is 1. The molecule has 0 aliphatic carbocycles. The Kier molecular flexibility index (Phi) is 4.07. The molecule has 4 rings (SSSR count). The summed E-state index contributed by atoms with van der Waals surface area (Å²) in [5.41, 5.74) is 2.29. The Morgan fingerprint density at radius 1 is 1.24 bits per heavy atom. The molecule has 1 amide bonds. The van der Waals surface area contributed by atoms with Gasteiger partial charge in [-0.1, -0.05) is 18.2 Å². The monoisotopic (exact) mass is 336 g/mol. The van der Waals surface area contributed by atoms with E-state index in [1.54, 1.807) is 0 Å². The van der Waals surface area contributed by atoms with Gasteiger partial charge in [0.1, 0.15) is 5.82 Å². The molecule has 2 aromatic heterocycles. The number of benzene rings is 1. The van der Waals surface area contributed by atoms with Crippen LogP contribution in [0.25, 0.3) is 10.9 Å². The van der Waals surface area contributed by atoms with Gasteiger partial charge in [0, 0.05) is 62.6 Å². The van der Waals surface area contributed by atoms with E-state index in [1.807, 2.05) is 43.5 Å². The van der Waals surface area contributed by atoms with Crippen LogP contribution in [-0.2, 0) is 25.3 Å². The van der Waals surface area contributed by atoms with E-state index in [-0.39, 0.29) is 5.91 Å². The summed E-state index contributed by atoms with van der Waals surface area (Å²) in [7, 11) is 4.06. The zero-order valence-corrected chi connectivity index (χ0v) is 14.9. The van der Waals surface area contributed by atoms with Gasteiger partial charge in [-0.05, 0) is 24.5 Å². The Bertz CT molecular complexity index is 907. The van der Waals surface area contributed by atoms with Crippen LogP contribution in [0.2, 0.25) is 0 Å². The van der Waals surface area contributed by atoms with Crippen LogP contribution in [0.15, 0.2) is 42.9 Å². The number of hydrogen-bond acceptors (Lipinski definition) is 2. The number of aryl methyl sites for hydroxylation is 2. The third-order valence-electron chi connectivity index (χ3n) is 5.32. The van der Waals surface area contributed by atoms with E-state index in [0.29, 0.717) is 12.3 Å². The lowest BCUT2D eigenvalue weighted by Crippen LogP contribution is -2.40. The van der Waals surface area contributed by atoms with Gasteiger partial charge in [-0.2, -0.15) is 0 Å². The second-order valence-corrected chi connectivity index (χ2v) is 7.03. The van der Waals surface area contributed by atoms with Gasteiger partial charge in [-0.15, -0.1) is 0 Å². The van der Waals surface area contributed by atoms with E-state index >= 15 is 0 Å². The number of carbonyl (C=O) groups is 1. The van der Waals surface area contributed by atoms with E-state index in [0.717, 1.165) is 37.3 Å². The summed E-state index contributed by atoms with van der Waals surface area (Å²) in [5, 5.41) is 1.18. The number of hydrogen-bond donors (Lipinski definition) is 0. The molecule has 1 aliphatic heterocycles. The van der Waals surface area contributed by atoms with Crippen LogP contribution in [-0.4, -0.2) is 38.0 Å². The molecule has 0 bridgehead atoms. The summed E-state index contributed by atoms with van der Waals surface area (Å²) in [4.78, 5) is 19.4. The molecule has 1 aromatic carbocycles. The third kappa shape index (κ3) is 2.95. The number of likely N-dealkylation sites (tertiary alicyclic amines) is 1. The fourth-order valence-corrected chi connectivity index (χ4v) is 4.03. The van der Waals surface area contributed by atoms with E-state index in [4.69, 9.17) is 0 Å². The van der Waals surface area contributed by atoms with Crippen molar-refractivity contribution in [3.05, 3.63) is 54.2 Å². The quantitative estimate of drug-likeness (QED) is 0.738. The molecule has 1 atom stereocenters. The van der Waals surface area contributed by atoms with Crippen molar-refractivity contribution in [2.45, 2.75) is 25.2 Å². The van der Waals surface area contributed by atoms with Gasteiger partial charge in [-0.25, -0.2) is 4.98 Å². The molecule has 25 heavy (non-hydrogen) atoms. The van der Waals surface area contributed by atoms with E-state index in [9.17, 15) is 4.79 Å². The Hall–Kier alpha value is -2.56. The van der Waals surface area contributed by atoms with Gasteiger partial charge in [0.05, 0.1) is 6.42 Å². The predicted molar refractivity (Wildman–Crippen MR) is 98.4 cm³/mol. The maximum absolute atomic E-state index is 12.9. The molecule has 1 aliphatic rings. The lowest BCUT2D eigenvalue weighted by Gasteiger charge is -2.32. The van der Waals surface area contributed by atoms with Crippen molar-refractivity contribution in [3.8, 4) is 0 Å². The van der Waals surface area contributed by atoms with Crippen molar-refractivity contribution < 1.29 is 4.79 Å². The molecule has 0 saturated carbocycles. The zero-order valence-electron chi connectivity index (χ0n) is 14.9. The first-order chi connectivity index (χ1) is 12.1. The highest BCUT2D eigenvalue weighted by atomic mass is 16.2. The highest BCUT2D eigenvalue weighted by Gasteiger charge is 2.27. The molecule has 130 valence electrons. The van der Waals surface area contributed by atoms with E-state index in [1.165, 1.54) is 10.9 Å². The Labute approximate surface area is 147 Å². The second-order valence-electron chi connectivity index (χ2n) is 7.03. The van der Waals surface area contributed by atoms with Crippen molar-refractivity contribution in [2.24, 2.45) is 14.1 Å². The fraction of sp³-hybridized carbons (Fsp3) is 0.400.